The van der Waals surface area contributed by atoms with E-state index in [0.29, 0.717) is 0 Å². The van der Waals surface area contributed by atoms with E-state index in [1.54, 1.807) is 12.1 Å². The normalized spacial score (nSPS) is 9.91. The molecule has 0 aliphatic carbocycles. The van der Waals surface area contributed by atoms with E-state index >= 15 is 0 Å². The molecule has 0 atom stereocenters. The zero-order valence-corrected chi connectivity index (χ0v) is 25.9. The first-order chi connectivity index (χ1) is 21.9. The van der Waals surface area contributed by atoms with Gasteiger partial charge in [0.2, 0.25) is 0 Å². The van der Waals surface area contributed by atoms with Crippen molar-refractivity contribution in [2.45, 2.75) is 19.8 Å². The lowest BCUT2D eigenvalue weighted by Gasteiger charge is -2.18. The first-order valence-electron chi connectivity index (χ1n) is 14.3. The highest BCUT2D eigenvalue weighted by atomic mass is 15.1. The molecule has 0 saturated carbocycles. The van der Waals surface area contributed by atoms with Crippen molar-refractivity contribution in [3.05, 3.63) is 108 Å². The predicted octanol–water partition coefficient (Wildman–Crippen LogP) is 9.26. The van der Waals surface area contributed by atoms with Crippen LogP contribution in [0.5, 0.6) is 0 Å². The Morgan fingerprint density at radius 1 is 0.533 bits per heavy atom. The summed E-state index contributed by atoms with van der Waals surface area (Å²) in [5.41, 5.74) is 6.98. The van der Waals surface area contributed by atoms with E-state index in [1.807, 2.05) is 104 Å². The summed E-state index contributed by atoms with van der Waals surface area (Å²) in [4.78, 5) is 4.27. The van der Waals surface area contributed by atoms with Crippen LogP contribution in [0, 0.1) is 46.3 Å². The van der Waals surface area contributed by atoms with E-state index in [2.05, 4.69) is 75.1 Å². The molecule has 0 amide bonds. The number of benzene rings is 4. The second kappa shape index (κ2) is 18.3. The van der Waals surface area contributed by atoms with Gasteiger partial charge in [0.05, 0.1) is 22.7 Å². The minimum Gasteiger partial charge on any atom is -0.378 e. The van der Waals surface area contributed by atoms with Gasteiger partial charge in [-0.2, -0.15) is 31.0 Å². The monoisotopic (exact) mass is 590 g/mol. The molecule has 0 aromatic heterocycles. The highest BCUT2D eigenvalue weighted by Crippen LogP contribution is 2.23. The molecule has 4 aromatic carbocycles. The first-order valence-corrected chi connectivity index (χ1v) is 14.3. The molecule has 0 bridgehead atoms. The van der Waals surface area contributed by atoms with Crippen LogP contribution in [-0.2, 0) is 0 Å². The van der Waals surface area contributed by atoms with Crippen LogP contribution in [0.4, 0.5) is 34.1 Å². The van der Waals surface area contributed by atoms with Crippen LogP contribution in [-0.4, -0.2) is 27.7 Å². The number of hydrogen-bond donors (Lipinski definition) is 0. The Morgan fingerprint density at radius 3 is 1.22 bits per heavy atom. The summed E-state index contributed by atoms with van der Waals surface area (Å²) in [6.07, 6.45) is 2.38. The molecule has 8 nitrogen and oxygen atoms in total. The summed E-state index contributed by atoms with van der Waals surface area (Å²) in [7, 11) is 6.09. The molecule has 0 fully saturated rings. The summed E-state index contributed by atoms with van der Waals surface area (Å²) in [6.45, 7) is 3.25. The fraction of sp³-hybridized carbons (Fsp3) is 0.189. The molecule has 0 spiro atoms. The Hall–Kier alpha value is -6.22. The smallest absolute Gasteiger partial charge is 0.152 e. The molecule has 222 valence electrons. The molecule has 0 aliphatic heterocycles. The van der Waals surface area contributed by atoms with Crippen molar-refractivity contribution >= 4 is 34.1 Å². The average Bonchev–Trinajstić information content (AvgIpc) is 3.08. The first kappa shape index (κ1) is 33.3. The minimum atomic E-state index is 0.745. The molecule has 45 heavy (non-hydrogen) atoms. The summed E-state index contributed by atoms with van der Waals surface area (Å²) in [6, 6.07) is 34.0. The number of unbranched alkanes of at least 4 members (excludes halogenated alkanes) is 1. The molecular weight excluding hydrogens is 556 g/mol. The van der Waals surface area contributed by atoms with Gasteiger partial charge >= 0.3 is 0 Å². The van der Waals surface area contributed by atoms with Crippen molar-refractivity contribution in [2.24, 2.45) is 20.5 Å². The van der Waals surface area contributed by atoms with E-state index in [0.717, 1.165) is 46.1 Å². The van der Waals surface area contributed by atoms with Gasteiger partial charge in [-0.05, 0) is 103 Å². The molecule has 0 saturated heterocycles. The highest BCUT2D eigenvalue weighted by Gasteiger charge is 2.00. The van der Waals surface area contributed by atoms with E-state index in [9.17, 15) is 0 Å². The van der Waals surface area contributed by atoms with Gasteiger partial charge in [0.15, 0.2) is 12.1 Å². The Bertz CT molecular complexity index is 1770. The van der Waals surface area contributed by atoms with Crippen LogP contribution in [0.25, 0.3) is 0 Å². The van der Waals surface area contributed by atoms with Crippen LogP contribution in [0.15, 0.2) is 118 Å². The minimum absolute atomic E-state index is 0.745. The molecule has 0 heterocycles. The summed E-state index contributed by atoms with van der Waals surface area (Å²) < 4.78 is 0. The van der Waals surface area contributed by atoms with Crippen molar-refractivity contribution in [2.75, 3.05) is 37.5 Å². The second-order valence-electron chi connectivity index (χ2n) is 9.92. The van der Waals surface area contributed by atoms with Gasteiger partial charge < -0.3 is 9.80 Å². The average molecular weight is 591 g/mol. The second-order valence-corrected chi connectivity index (χ2v) is 9.92. The third kappa shape index (κ3) is 11.9. The molecule has 4 aromatic rings. The topological polar surface area (TPSA) is 104 Å². The van der Waals surface area contributed by atoms with Crippen LogP contribution in [0.3, 0.4) is 0 Å². The van der Waals surface area contributed by atoms with Gasteiger partial charge in [0.1, 0.15) is 0 Å². The standard InChI is InChI=1S/C20H20N4.C17H14N4/c1-3-4-16-24(2)20-13-11-19(12-14-20)23-22-18-9-7-17(8-10-18)6-5-15-21;1-21(2)17-11-9-16(10-12-17)20-19-15-7-5-14(6-8-15)4-3-13-18/h7-14H,3-4,16H2,1-2H3;5-12H,1-2H3. The maximum atomic E-state index is 8.43. The van der Waals surface area contributed by atoms with Gasteiger partial charge in [-0.25, -0.2) is 0 Å². The lowest BCUT2D eigenvalue weighted by molar-refractivity contribution is 0.767. The van der Waals surface area contributed by atoms with E-state index in [4.69, 9.17) is 10.5 Å². The maximum absolute atomic E-state index is 8.43. The highest BCUT2D eigenvalue weighted by molar-refractivity contribution is 5.54. The Morgan fingerprint density at radius 2 is 0.889 bits per heavy atom. The summed E-state index contributed by atoms with van der Waals surface area (Å²) in [5.74, 6) is 10.2. The van der Waals surface area contributed by atoms with Crippen molar-refractivity contribution in [3.63, 3.8) is 0 Å². The number of hydrogen-bond acceptors (Lipinski definition) is 8. The fourth-order valence-electron chi connectivity index (χ4n) is 3.77. The van der Waals surface area contributed by atoms with Crippen molar-refractivity contribution in [1.82, 2.24) is 0 Å². The SMILES string of the molecule is CCCCN(C)c1ccc(N=Nc2ccc(C#CC#N)cc2)cc1.CN(C)c1ccc(N=Nc2ccc(C#CC#N)cc2)cc1. The Balaban J connectivity index is 0.000000248. The number of azo groups is 2. The summed E-state index contributed by atoms with van der Waals surface area (Å²) in [5, 5.41) is 33.6. The van der Waals surface area contributed by atoms with Crippen molar-refractivity contribution < 1.29 is 0 Å². The number of nitrogens with zero attached hydrogens (tertiary/aromatic N) is 8. The van der Waals surface area contributed by atoms with Crippen LogP contribution in [0.2, 0.25) is 0 Å². The van der Waals surface area contributed by atoms with Crippen LogP contribution in [0.1, 0.15) is 30.9 Å². The van der Waals surface area contributed by atoms with Crippen LogP contribution >= 0.6 is 0 Å². The molecule has 0 unspecified atom stereocenters. The maximum Gasteiger partial charge on any atom is 0.152 e. The largest absolute Gasteiger partial charge is 0.378 e. The van der Waals surface area contributed by atoms with E-state index in [-0.39, 0.29) is 0 Å². The van der Waals surface area contributed by atoms with E-state index < -0.39 is 0 Å². The molecule has 4 rings (SSSR count). The van der Waals surface area contributed by atoms with Crippen LogP contribution < -0.4 is 9.80 Å². The van der Waals surface area contributed by atoms with E-state index in [1.165, 1.54) is 18.5 Å². The van der Waals surface area contributed by atoms with Gasteiger partial charge in [-0.15, -0.1) is 0 Å². The number of nitriles is 2. The number of anilines is 2. The Kier molecular flexibility index (Phi) is 13.6. The van der Waals surface area contributed by atoms with Crippen molar-refractivity contribution in [3.8, 4) is 35.8 Å². The molecule has 0 radical (unpaired) electrons. The molecular formula is C37H34N8. The lowest BCUT2D eigenvalue weighted by atomic mass is 10.2. The van der Waals surface area contributed by atoms with Gasteiger partial charge in [-0.3, -0.25) is 0 Å². The Labute approximate surface area is 266 Å². The summed E-state index contributed by atoms with van der Waals surface area (Å²) >= 11 is 0. The third-order valence-electron chi connectivity index (χ3n) is 6.33. The predicted molar refractivity (Wildman–Crippen MR) is 182 cm³/mol. The fourth-order valence-corrected chi connectivity index (χ4v) is 3.77. The molecule has 8 heteroatoms. The third-order valence-corrected chi connectivity index (χ3v) is 6.33. The lowest BCUT2D eigenvalue weighted by Crippen LogP contribution is -2.17. The molecule has 0 N–H and O–H groups in total. The van der Waals surface area contributed by atoms with Gasteiger partial charge in [0, 0.05) is 62.0 Å². The zero-order valence-electron chi connectivity index (χ0n) is 25.9. The zero-order chi connectivity index (χ0) is 32.3. The van der Waals surface area contributed by atoms with Crippen molar-refractivity contribution in [1.29, 1.82) is 10.5 Å². The quantitative estimate of drug-likeness (QED) is 0.143. The molecule has 0 aliphatic rings. The van der Waals surface area contributed by atoms with Gasteiger partial charge in [0.25, 0.3) is 0 Å². The number of rotatable bonds is 9. The van der Waals surface area contributed by atoms with Gasteiger partial charge in [-0.1, -0.05) is 25.2 Å².